The van der Waals surface area contributed by atoms with E-state index in [0.29, 0.717) is 18.4 Å². The number of rotatable bonds is 3. The summed E-state index contributed by atoms with van der Waals surface area (Å²) in [7, 11) is 1.70. The standard InChI is InChI=1S/C16H20F2N2O/c1-20(8-11-5-9-2-3-10(11)4-9)16(21)12-6-13(17)14(18)7-15(12)19/h6-7,9-11H,2-5,8,19H2,1H3. The summed E-state index contributed by atoms with van der Waals surface area (Å²) >= 11 is 0. The second-order valence-corrected chi connectivity index (χ2v) is 6.47. The number of nitrogens with two attached hydrogens (primary N) is 1. The molecule has 2 aliphatic carbocycles. The van der Waals surface area contributed by atoms with Crippen molar-refractivity contribution in [3.63, 3.8) is 0 Å². The van der Waals surface area contributed by atoms with Crippen molar-refractivity contribution in [2.24, 2.45) is 17.8 Å². The molecule has 5 heteroatoms. The second-order valence-electron chi connectivity index (χ2n) is 6.47. The molecule has 21 heavy (non-hydrogen) atoms. The van der Waals surface area contributed by atoms with Crippen LogP contribution >= 0.6 is 0 Å². The predicted molar refractivity (Wildman–Crippen MR) is 76.7 cm³/mol. The van der Waals surface area contributed by atoms with Gasteiger partial charge in [-0.25, -0.2) is 8.78 Å². The van der Waals surface area contributed by atoms with Gasteiger partial charge in [0.15, 0.2) is 11.6 Å². The fourth-order valence-corrected chi connectivity index (χ4v) is 3.99. The van der Waals surface area contributed by atoms with Gasteiger partial charge in [-0.1, -0.05) is 6.42 Å². The number of anilines is 1. The Bertz CT molecular complexity index is 576. The topological polar surface area (TPSA) is 46.3 Å². The van der Waals surface area contributed by atoms with E-state index >= 15 is 0 Å². The molecule has 114 valence electrons. The highest BCUT2D eigenvalue weighted by molar-refractivity contribution is 5.99. The highest BCUT2D eigenvalue weighted by Crippen LogP contribution is 2.48. The van der Waals surface area contributed by atoms with Crippen molar-refractivity contribution in [1.29, 1.82) is 0 Å². The molecule has 2 N–H and O–H groups in total. The molecule has 1 amide bonds. The van der Waals surface area contributed by atoms with Gasteiger partial charge in [0, 0.05) is 25.3 Å². The van der Waals surface area contributed by atoms with E-state index in [1.54, 1.807) is 11.9 Å². The van der Waals surface area contributed by atoms with Gasteiger partial charge in [0.1, 0.15) is 0 Å². The third-order valence-electron chi connectivity index (χ3n) is 5.06. The maximum atomic E-state index is 13.3. The summed E-state index contributed by atoms with van der Waals surface area (Å²) in [5.74, 6) is -0.344. The number of carbonyl (C=O) groups excluding carboxylic acids is 1. The van der Waals surface area contributed by atoms with Crippen LogP contribution in [0.3, 0.4) is 0 Å². The average Bonchev–Trinajstić information content (AvgIpc) is 3.04. The van der Waals surface area contributed by atoms with Gasteiger partial charge in [0.2, 0.25) is 0 Å². The minimum Gasteiger partial charge on any atom is -0.398 e. The van der Waals surface area contributed by atoms with Crippen molar-refractivity contribution in [1.82, 2.24) is 4.90 Å². The Kier molecular flexibility index (Phi) is 3.59. The average molecular weight is 294 g/mol. The monoisotopic (exact) mass is 294 g/mol. The van der Waals surface area contributed by atoms with Gasteiger partial charge < -0.3 is 10.6 Å². The molecule has 2 fully saturated rings. The Balaban J connectivity index is 1.71. The van der Waals surface area contributed by atoms with E-state index in [1.165, 1.54) is 25.7 Å². The zero-order chi connectivity index (χ0) is 15.1. The summed E-state index contributed by atoms with van der Waals surface area (Å²) in [4.78, 5) is 14.0. The van der Waals surface area contributed by atoms with Crippen molar-refractivity contribution in [3.8, 4) is 0 Å². The lowest BCUT2D eigenvalue weighted by molar-refractivity contribution is 0.0754. The lowest BCUT2D eigenvalue weighted by atomic mass is 9.88. The molecular formula is C16H20F2N2O. The van der Waals surface area contributed by atoms with E-state index in [0.717, 1.165) is 18.1 Å². The molecule has 0 saturated heterocycles. The SMILES string of the molecule is CN(CC1CC2CCC1C2)C(=O)c1cc(F)c(F)cc1N. The van der Waals surface area contributed by atoms with Gasteiger partial charge in [-0.3, -0.25) is 4.79 Å². The number of halogens is 2. The third kappa shape index (κ3) is 2.61. The summed E-state index contributed by atoms with van der Waals surface area (Å²) in [6.45, 7) is 0.665. The number of hydrogen-bond donors (Lipinski definition) is 1. The van der Waals surface area contributed by atoms with Crippen molar-refractivity contribution in [2.45, 2.75) is 25.7 Å². The van der Waals surface area contributed by atoms with E-state index in [-0.39, 0.29) is 17.2 Å². The molecule has 1 aromatic rings. The predicted octanol–water partition coefficient (Wildman–Crippen LogP) is 3.06. The second kappa shape index (κ2) is 5.28. The molecule has 0 spiro atoms. The molecular weight excluding hydrogens is 274 g/mol. The van der Waals surface area contributed by atoms with Crippen molar-refractivity contribution < 1.29 is 13.6 Å². The highest BCUT2D eigenvalue weighted by atomic mass is 19.2. The van der Waals surface area contributed by atoms with Gasteiger partial charge in [-0.15, -0.1) is 0 Å². The molecule has 0 heterocycles. The van der Waals surface area contributed by atoms with Gasteiger partial charge in [0.25, 0.3) is 5.91 Å². The number of nitrogens with zero attached hydrogens (tertiary/aromatic N) is 1. The van der Waals surface area contributed by atoms with E-state index in [9.17, 15) is 13.6 Å². The molecule has 0 radical (unpaired) electrons. The van der Waals surface area contributed by atoms with Crippen LogP contribution in [-0.2, 0) is 0 Å². The minimum absolute atomic E-state index is 0.0151. The van der Waals surface area contributed by atoms with E-state index < -0.39 is 11.6 Å². The van der Waals surface area contributed by atoms with E-state index in [4.69, 9.17) is 5.73 Å². The molecule has 1 aromatic carbocycles. The van der Waals surface area contributed by atoms with Crippen LogP contribution in [0.25, 0.3) is 0 Å². The van der Waals surface area contributed by atoms with Crippen LogP contribution in [0.15, 0.2) is 12.1 Å². The molecule has 3 nitrogen and oxygen atoms in total. The first-order valence-corrected chi connectivity index (χ1v) is 7.45. The summed E-state index contributed by atoms with van der Waals surface area (Å²) < 4.78 is 26.4. The molecule has 3 atom stereocenters. The summed E-state index contributed by atoms with van der Waals surface area (Å²) in [6, 6.07) is 1.76. The van der Waals surface area contributed by atoms with Crippen molar-refractivity contribution >= 4 is 11.6 Å². The van der Waals surface area contributed by atoms with Gasteiger partial charge >= 0.3 is 0 Å². The summed E-state index contributed by atoms with van der Waals surface area (Å²) in [6.07, 6.45) is 5.02. The molecule has 2 saturated carbocycles. The van der Waals surface area contributed by atoms with Crippen LogP contribution in [0.2, 0.25) is 0 Å². The quantitative estimate of drug-likeness (QED) is 0.871. The zero-order valence-electron chi connectivity index (χ0n) is 12.1. The number of fused-ring (bicyclic) bond motifs is 2. The normalized spacial score (nSPS) is 27.1. The fraction of sp³-hybridized carbons (Fsp3) is 0.562. The first kappa shape index (κ1) is 14.3. The summed E-state index contributed by atoms with van der Waals surface area (Å²) in [5, 5.41) is 0. The lowest BCUT2D eigenvalue weighted by Crippen LogP contribution is -2.34. The maximum absolute atomic E-state index is 13.3. The maximum Gasteiger partial charge on any atom is 0.255 e. The fourth-order valence-electron chi connectivity index (χ4n) is 3.99. The largest absolute Gasteiger partial charge is 0.398 e. The van der Waals surface area contributed by atoms with Crippen molar-refractivity contribution in [2.75, 3.05) is 19.3 Å². The Morgan fingerprint density at radius 1 is 1.29 bits per heavy atom. The molecule has 0 aliphatic heterocycles. The van der Waals surface area contributed by atoms with Gasteiger partial charge in [0.05, 0.1) is 5.56 Å². The highest BCUT2D eigenvalue weighted by Gasteiger charge is 2.40. The van der Waals surface area contributed by atoms with E-state index in [2.05, 4.69) is 0 Å². The molecule has 0 aromatic heterocycles. The first-order valence-electron chi connectivity index (χ1n) is 7.45. The van der Waals surface area contributed by atoms with Crippen LogP contribution in [0.1, 0.15) is 36.0 Å². The molecule has 2 bridgehead atoms. The van der Waals surface area contributed by atoms with Crippen molar-refractivity contribution in [3.05, 3.63) is 29.3 Å². The molecule has 3 unspecified atom stereocenters. The third-order valence-corrected chi connectivity index (χ3v) is 5.06. The molecule has 2 aliphatic rings. The Hall–Kier alpha value is -1.65. The number of carbonyl (C=O) groups is 1. The minimum atomic E-state index is -1.04. The van der Waals surface area contributed by atoms with Crippen LogP contribution < -0.4 is 5.73 Å². The zero-order valence-corrected chi connectivity index (χ0v) is 12.1. The Morgan fingerprint density at radius 3 is 2.62 bits per heavy atom. The number of nitrogen functional groups attached to an aromatic ring is 1. The van der Waals surface area contributed by atoms with Crippen LogP contribution in [0, 0.1) is 29.4 Å². The summed E-state index contributed by atoms with van der Waals surface area (Å²) in [5.41, 5.74) is 5.67. The van der Waals surface area contributed by atoms with Crippen LogP contribution in [0.5, 0.6) is 0 Å². The number of amides is 1. The Morgan fingerprint density at radius 2 is 2.00 bits per heavy atom. The molecule has 3 rings (SSSR count). The van der Waals surface area contributed by atoms with Crippen LogP contribution in [-0.4, -0.2) is 24.4 Å². The number of benzene rings is 1. The van der Waals surface area contributed by atoms with Crippen LogP contribution in [0.4, 0.5) is 14.5 Å². The lowest BCUT2D eigenvalue weighted by Gasteiger charge is -2.27. The first-order chi connectivity index (χ1) is 9.95. The van der Waals surface area contributed by atoms with E-state index in [1.807, 2.05) is 0 Å². The smallest absolute Gasteiger partial charge is 0.255 e. The van der Waals surface area contributed by atoms with Gasteiger partial charge in [-0.05, 0) is 43.1 Å². The Labute approximate surface area is 123 Å². The number of hydrogen-bond acceptors (Lipinski definition) is 2. The van der Waals surface area contributed by atoms with Gasteiger partial charge in [-0.2, -0.15) is 0 Å².